The Bertz CT molecular complexity index is 875. The van der Waals surface area contributed by atoms with Gasteiger partial charge in [0.15, 0.2) is 0 Å². The smallest absolute Gasteiger partial charge is 0.325 e. The Labute approximate surface area is 170 Å². The van der Waals surface area contributed by atoms with Gasteiger partial charge in [0.05, 0.1) is 5.52 Å². The van der Waals surface area contributed by atoms with Crippen LogP contribution < -0.4 is 16.1 Å². The predicted molar refractivity (Wildman–Crippen MR) is 111 cm³/mol. The molecule has 0 fully saturated rings. The highest BCUT2D eigenvalue weighted by Crippen LogP contribution is 2.23. The Morgan fingerprint density at radius 2 is 1.83 bits per heavy atom. The molecule has 0 bridgehead atoms. The van der Waals surface area contributed by atoms with Gasteiger partial charge in [-0.2, -0.15) is 0 Å². The lowest BCUT2D eigenvalue weighted by atomic mass is 9.92. The molecule has 2 aromatic rings. The topological polar surface area (TPSA) is 112 Å². The van der Waals surface area contributed by atoms with E-state index in [0.717, 1.165) is 16.5 Å². The van der Waals surface area contributed by atoms with Crippen LogP contribution in [0.25, 0.3) is 10.9 Å². The zero-order chi connectivity index (χ0) is 21.6. The Kier molecular flexibility index (Phi) is 7.78. The van der Waals surface area contributed by atoms with E-state index in [9.17, 15) is 14.4 Å². The zero-order valence-electron chi connectivity index (χ0n) is 17.4. The molecule has 0 saturated heterocycles. The minimum Gasteiger partial charge on any atom is -0.353 e. The minimum atomic E-state index is -0.577. The molecule has 158 valence electrons. The van der Waals surface area contributed by atoms with Crippen LogP contribution in [0.1, 0.15) is 39.2 Å². The molecule has 1 aromatic heterocycles. The van der Waals surface area contributed by atoms with Gasteiger partial charge in [0.25, 0.3) is 0 Å². The monoisotopic (exact) mass is 402 g/mol. The molecule has 0 saturated carbocycles. The van der Waals surface area contributed by atoms with Crippen molar-refractivity contribution in [1.29, 1.82) is 0 Å². The molecule has 4 N–H and O–H groups in total. The SMILES string of the molecule is CNC(=O)n1cc(C[C@@H](C)NC(=O)C(CC(=O)NO)CC(C)C)c2ccccc21. The average Bonchev–Trinajstić information content (AvgIpc) is 3.04. The van der Waals surface area contributed by atoms with Crippen LogP contribution in [0.2, 0.25) is 0 Å². The first-order chi connectivity index (χ1) is 13.8. The number of amides is 3. The number of hydrogen-bond acceptors (Lipinski definition) is 4. The molecule has 29 heavy (non-hydrogen) atoms. The van der Waals surface area contributed by atoms with Crippen LogP contribution in [0, 0.1) is 11.8 Å². The molecule has 8 nitrogen and oxygen atoms in total. The quantitative estimate of drug-likeness (QED) is 0.401. The average molecular weight is 402 g/mol. The number of aromatic nitrogens is 1. The second-order valence-electron chi connectivity index (χ2n) is 7.78. The summed E-state index contributed by atoms with van der Waals surface area (Å²) in [6, 6.07) is 7.19. The van der Waals surface area contributed by atoms with Crippen LogP contribution in [-0.2, 0) is 16.0 Å². The maximum atomic E-state index is 12.7. The molecule has 0 aliphatic heterocycles. The Balaban J connectivity index is 2.15. The van der Waals surface area contributed by atoms with Crippen molar-refractivity contribution in [2.24, 2.45) is 11.8 Å². The van der Waals surface area contributed by atoms with Gasteiger partial charge in [0, 0.05) is 37.0 Å². The van der Waals surface area contributed by atoms with Crippen molar-refractivity contribution in [3.8, 4) is 0 Å². The van der Waals surface area contributed by atoms with Crippen LogP contribution in [0.15, 0.2) is 30.5 Å². The van der Waals surface area contributed by atoms with Crippen LogP contribution in [0.3, 0.4) is 0 Å². The molecule has 0 aliphatic carbocycles. The fourth-order valence-electron chi connectivity index (χ4n) is 3.56. The Morgan fingerprint density at radius 3 is 2.45 bits per heavy atom. The first-order valence-corrected chi connectivity index (χ1v) is 9.81. The molecule has 2 rings (SSSR count). The first kappa shape index (κ1) is 22.4. The van der Waals surface area contributed by atoms with Crippen molar-refractivity contribution < 1.29 is 19.6 Å². The van der Waals surface area contributed by atoms with Crippen molar-refractivity contribution in [3.63, 3.8) is 0 Å². The molecule has 3 amide bonds. The van der Waals surface area contributed by atoms with Crippen molar-refractivity contribution in [2.75, 3.05) is 7.05 Å². The van der Waals surface area contributed by atoms with E-state index in [1.54, 1.807) is 23.3 Å². The highest BCUT2D eigenvalue weighted by Gasteiger charge is 2.24. The summed E-state index contributed by atoms with van der Waals surface area (Å²) in [5, 5.41) is 15.3. The van der Waals surface area contributed by atoms with Crippen molar-refractivity contribution in [3.05, 3.63) is 36.0 Å². The third kappa shape index (κ3) is 5.80. The lowest BCUT2D eigenvalue weighted by Crippen LogP contribution is -2.40. The van der Waals surface area contributed by atoms with E-state index in [-0.39, 0.29) is 30.3 Å². The highest BCUT2D eigenvalue weighted by molar-refractivity contribution is 5.93. The van der Waals surface area contributed by atoms with E-state index in [4.69, 9.17) is 5.21 Å². The molecular formula is C21H30N4O4. The molecule has 8 heteroatoms. The van der Waals surface area contributed by atoms with Gasteiger partial charge >= 0.3 is 6.03 Å². The number of nitrogens with zero attached hydrogens (tertiary/aromatic N) is 1. The summed E-state index contributed by atoms with van der Waals surface area (Å²) in [6.07, 6.45) is 2.80. The summed E-state index contributed by atoms with van der Waals surface area (Å²) < 4.78 is 1.56. The molecule has 0 spiro atoms. The number of para-hydroxylation sites is 1. The van der Waals surface area contributed by atoms with Gasteiger partial charge in [-0.15, -0.1) is 0 Å². The van der Waals surface area contributed by atoms with E-state index >= 15 is 0 Å². The molecule has 2 atom stereocenters. The third-order valence-electron chi connectivity index (χ3n) is 4.83. The number of rotatable bonds is 8. The molecule has 1 unspecified atom stereocenters. The summed E-state index contributed by atoms with van der Waals surface area (Å²) in [5.74, 6) is -1.08. The number of carbonyl (C=O) groups excluding carboxylic acids is 3. The van der Waals surface area contributed by atoms with Gasteiger partial charge < -0.3 is 10.6 Å². The van der Waals surface area contributed by atoms with E-state index in [1.165, 1.54) is 0 Å². The summed E-state index contributed by atoms with van der Waals surface area (Å²) in [6.45, 7) is 5.85. The highest BCUT2D eigenvalue weighted by atomic mass is 16.5. The molecule has 1 heterocycles. The summed E-state index contributed by atoms with van der Waals surface area (Å²) >= 11 is 0. The Morgan fingerprint density at radius 1 is 1.14 bits per heavy atom. The lowest BCUT2D eigenvalue weighted by molar-refractivity contribution is -0.135. The third-order valence-corrected chi connectivity index (χ3v) is 4.83. The maximum Gasteiger partial charge on any atom is 0.325 e. The van der Waals surface area contributed by atoms with E-state index < -0.39 is 11.8 Å². The summed E-state index contributed by atoms with van der Waals surface area (Å²) in [7, 11) is 1.58. The minimum absolute atomic E-state index is 0.0663. The predicted octanol–water partition coefficient (Wildman–Crippen LogP) is 2.43. The number of benzene rings is 1. The van der Waals surface area contributed by atoms with Crippen LogP contribution in [-0.4, -0.2) is 40.7 Å². The second-order valence-corrected chi connectivity index (χ2v) is 7.78. The van der Waals surface area contributed by atoms with Gasteiger partial charge in [-0.05, 0) is 37.3 Å². The second kappa shape index (κ2) is 10.1. The lowest BCUT2D eigenvalue weighted by Gasteiger charge is -2.21. The molecule has 0 radical (unpaired) electrons. The fraction of sp³-hybridized carbons (Fsp3) is 0.476. The van der Waals surface area contributed by atoms with E-state index in [0.29, 0.717) is 12.8 Å². The van der Waals surface area contributed by atoms with Crippen molar-refractivity contribution in [1.82, 2.24) is 20.7 Å². The fourth-order valence-corrected chi connectivity index (χ4v) is 3.56. The van der Waals surface area contributed by atoms with Gasteiger partial charge in [-0.3, -0.25) is 19.4 Å². The number of carbonyl (C=O) groups is 3. The van der Waals surface area contributed by atoms with Gasteiger partial charge in [0.2, 0.25) is 11.8 Å². The standard InChI is InChI=1S/C21H30N4O4/c1-13(2)9-15(11-19(26)24-29)20(27)23-14(3)10-16-12-25(21(28)22-4)18-8-6-5-7-17(16)18/h5-8,12-15,29H,9-11H2,1-4H3,(H,22,28)(H,23,27)(H,24,26)/t14-,15?/m1/s1. The summed E-state index contributed by atoms with van der Waals surface area (Å²) in [4.78, 5) is 36.4. The zero-order valence-corrected chi connectivity index (χ0v) is 17.4. The van der Waals surface area contributed by atoms with Gasteiger partial charge in [-0.1, -0.05) is 32.0 Å². The Hall–Kier alpha value is -2.87. The first-order valence-electron chi connectivity index (χ1n) is 9.81. The number of hydrogen-bond donors (Lipinski definition) is 4. The molecular weight excluding hydrogens is 372 g/mol. The van der Waals surface area contributed by atoms with Gasteiger partial charge in [-0.25, -0.2) is 10.3 Å². The normalized spacial score (nSPS) is 13.2. The largest absolute Gasteiger partial charge is 0.353 e. The van der Waals surface area contributed by atoms with E-state index in [1.807, 2.05) is 45.0 Å². The molecule has 1 aromatic carbocycles. The van der Waals surface area contributed by atoms with Crippen molar-refractivity contribution in [2.45, 2.75) is 46.1 Å². The van der Waals surface area contributed by atoms with Crippen LogP contribution in [0.5, 0.6) is 0 Å². The maximum absolute atomic E-state index is 12.7. The van der Waals surface area contributed by atoms with Gasteiger partial charge in [0.1, 0.15) is 0 Å². The summed E-state index contributed by atoms with van der Waals surface area (Å²) in [5.41, 5.74) is 3.35. The van der Waals surface area contributed by atoms with Crippen LogP contribution in [0.4, 0.5) is 4.79 Å². The van der Waals surface area contributed by atoms with Crippen molar-refractivity contribution >= 4 is 28.7 Å². The molecule has 0 aliphatic rings. The number of fused-ring (bicyclic) bond motifs is 1. The number of hydroxylamine groups is 1. The number of nitrogens with one attached hydrogen (secondary N) is 3. The van der Waals surface area contributed by atoms with Crippen LogP contribution >= 0.6 is 0 Å². The van der Waals surface area contributed by atoms with E-state index in [2.05, 4.69) is 10.6 Å².